The first-order valence-electron chi connectivity index (χ1n) is 25.9. The quantitative estimate of drug-likeness (QED) is 0.0909. The largest absolute Gasteiger partial charge is 0.573 e. The van der Waals surface area contributed by atoms with Crippen LogP contribution in [0.1, 0.15) is 16.7 Å². The van der Waals surface area contributed by atoms with E-state index in [9.17, 15) is 52.7 Å². The molecule has 0 radical (unpaired) electrons. The van der Waals surface area contributed by atoms with Crippen LogP contribution in [0.2, 0.25) is 0 Å². The molecule has 88 heavy (non-hydrogen) atoms. The lowest BCUT2D eigenvalue weighted by Crippen LogP contribution is -2.19. The van der Waals surface area contributed by atoms with Crippen molar-refractivity contribution in [2.45, 2.75) is 31.8 Å². The number of alkyl halides is 12. The summed E-state index contributed by atoms with van der Waals surface area (Å²) in [6, 6.07) is 50.2. The third-order valence-corrected chi connectivity index (χ3v) is 12.6. The third kappa shape index (κ3) is 16.5. The molecule has 0 aliphatic carbocycles. The molecule has 0 spiro atoms. The highest BCUT2D eigenvalue weighted by atomic mass is 19.4. The molecule has 0 aliphatic rings. The number of benzene rings is 8. The number of aromatic amines is 4. The van der Waals surface area contributed by atoms with Crippen molar-refractivity contribution in [2.75, 3.05) is 6.61 Å². The minimum atomic E-state index is -4.74. The number of ether oxygens (including phenoxy) is 2. The van der Waals surface area contributed by atoms with E-state index in [1.54, 1.807) is 134 Å². The zero-order valence-electron chi connectivity index (χ0n) is 45.3. The smallest absolute Gasteiger partial charge is 0.483 e. The SMILES string of the molecule is Cc1ccc(-c2cccc(-c3ncn[nH]3)c2)c(C(F)(F)F)c1.FC(F)(F)COc1ccccc1-c1cccc(-c2ncn[nH]2)c1.FC(F)(F)Oc1ccccc1-c1cccc(-c2ncn[nH]2)c1.FC(F)(F)c1ccccc1-c1cccc(-c2ncn[nH]2)c1. The average molecular weight is 1220 g/mol. The van der Waals surface area contributed by atoms with Crippen LogP contribution in [-0.4, -0.2) is 79.9 Å². The third-order valence-electron chi connectivity index (χ3n) is 12.6. The highest BCUT2D eigenvalue weighted by Gasteiger charge is 2.35. The molecule has 4 heterocycles. The van der Waals surface area contributed by atoms with Gasteiger partial charge in [0.2, 0.25) is 0 Å². The van der Waals surface area contributed by atoms with Crippen molar-refractivity contribution in [1.29, 1.82) is 0 Å². The van der Waals surface area contributed by atoms with Gasteiger partial charge in [-0.1, -0.05) is 145 Å². The van der Waals surface area contributed by atoms with Crippen molar-refractivity contribution < 1.29 is 62.2 Å². The molecule has 0 aliphatic heterocycles. The van der Waals surface area contributed by atoms with E-state index in [2.05, 4.69) is 65.5 Å². The topological polar surface area (TPSA) is 185 Å². The standard InChI is InChI=1S/C16H12F3N3O.C16H12F3N3.C15H10F3N3O.C15H10F3N3/c17-16(18,19)9-23-14-7-2-1-6-13(14)11-4-3-5-12(8-11)15-20-10-21-22-15;1-10-5-6-13(14(7-10)16(17,18)19)11-3-2-4-12(8-11)15-20-9-21-22-15;16-15(17,18)22-13-7-2-1-6-12(13)10-4-3-5-11(8-10)14-19-9-20-21-14;16-15(17,18)13-7-2-1-6-12(13)10-4-3-5-11(8-10)14-19-9-20-21-14/h1-8,10H,9H2,(H,20,21,22);2-9H,1H3,(H,20,21,22);1-9H,(H,19,20,21);1-9H,(H,19,20,21). The number of nitrogens with one attached hydrogen (secondary N) is 4. The molecule has 0 fully saturated rings. The van der Waals surface area contributed by atoms with Gasteiger partial charge in [-0.05, 0) is 88.8 Å². The van der Waals surface area contributed by atoms with Crippen LogP contribution in [0.25, 0.3) is 90.1 Å². The van der Waals surface area contributed by atoms with Gasteiger partial charge in [-0.15, -0.1) is 13.2 Å². The van der Waals surface area contributed by atoms with Gasteiger partial charge in [0.25, 0.3) is 0 Å². The number of aromatic nitrogens is 12. The number of hydrogen-bond acceptors (Lipinski definition) is 10. The number of rotatable bonds is 11. The number of halogens is 12. The molecular weight excluding hydrogens is 1170 g/mol. The van der Waals surface area contributed by atoms with E-state index < -0.39 is 42.6 Å². The van der Waals surface area contributed by atoms with Gasteiger partial charge < -0.3 is 9.47 Å². The first-order valence-corrected chi connectivity index (χ1v) is 25.9. The van der Waals surface area contributed by atoms with Gasteiger partial charge in [-0.2, -0.15) is 59.9 Å². The molecule has 26 heteroatoms. The minimum Gasteiger partial charge on any atom is -0.483 e. The molecule has 0 saturated carbocycles. The molecule has 4 aromatic heterocycles. The highest BCUT2D eigenvalue weighted by Crippen LogP contribution is 2.41. The normalized spacial score (nSPS) is 11.5. The lowest BCUT2D eigenvalue weighted by atomic mass is 9.96. The number of hydrogen-bond donors (Lipinski definition) is 4. The maximum Gasteiger partial charge on any atom is 0.573 e. The van der Waals surface area contributed by atoms with Crippen molar-refractivity contribution in [2.24, 2.45) is 0 Å². The zero-order valence-corrected chi connectivity index (χ0v) is 45.3. The summed E-state index contributed by atoms with van der Waals surface area (Å²) in [5.74, 6) is 2.09. The van der Waals surface area contributed by atoms with Crippen LogP contribution in [0.15, 0.2) is 213 Å². The Kier molecular flexibility index (Phi) is 18.9. The molecule has 12 rings (SSSR count). The molecule has 0 bridgehead atoms. The monoisotopic (exact) mass is 1220 g/mol. The maximum atomic E-state index is 13.3. The average Bonchev–Trinajstić information content (AvgIpc) is 3.33. The van der Waals surface area contributed by atoms with Crippen LogP contribution in [0.5, 0.6) is 11.5 Å². The molecule has 0 atom stereocenters. The Labute approximate surface area is 491 Å². The van der Waals surface area contributed by atoms with Crippen LogP contribution >= 0.6 is 0 Å². The van der Waals surface area contributed by atoms with Crippen LogP contribution in [0, 0.1) is 6.92 Å². The first kappa shape index (κ1) is 61.6. The van der Waals surface area contributed by atoms with Gasteiger partial charge in [-0.25, -0.2) is 19.9 Å². The fourth-order valence-electron chi connectivity index (χ4n) is 8.75. The van der Waals surface area contributed by atoms with Crippen LogP contribution in [0.4, 0.5) is 52.7 Å². The van der Waals surface area contributed by atoms with Gasteiger partial charge in [0, 0.05) is 33.4 Å². The summed E-state index contributed by atoms with van der Waals surface area (Å²) in [6.45, 7) is 0.315. The Bertz CT molecular complexity index is 4170. The fourth-order valence-corrected chi connectivity index (χ4v) is 8.75. The van der Waals surface area contributed by atoms with E-state index in [4.69, 9.17) is 4.74 Å². The molecule has 14 nitrogen and oxygen atoms in total. The van der Waals surface area contributed by atoms with Crippen molar-refractivity contribution in [3.05, 3.63) is 230 Å². The van der Waals surface area contributed by atoms with Crippen molar-refractivity contribution in [3.63, 3.8) is 0 Å². The predicted molar refractivity (Wildman–Crippen MR) is 302 cm³/mol. The first-order chi connectivity index (χ1) is 42.1. The summed E-state index contributed by atoms with van der Waals surface area (Å²) >= 11 is 0. The van der Waals surface area contributed by atoms with Crippen LogP contribution in [-0.2, 0) is 12.4 Å². The Morgan fingerprint density at radius 1 is 0.341 bits per heavy atom. The summed E-state index contributed by atoms with van der Waals surface area (Å²) in [6.07, 6.45) is -12.4. The molecule has 8 aromatic carbocycles. The van der Waals surface area contributed by atoms with E-state index in [0.29, 0.717) is 67.8 Å². The second-order valence-corrected chi connectivity index (χ2v) is 18.7. The lowest BCUT2D eigenvalue weighted by Gasteiger charge is -2.14. The van der Waals surface area contributed by atoms with Crippen molar-refractivity contribution in [3.8, 4) is 102 Å². The van der Waals surface area contributed by atoms with E-state index in [1.165, 1.54) is 61.7 Å². The van der Waals surface area contributed by atoms with Crippen molar-refractivity contribution >= 4 is 0 Å². The number of para-hydroxylation sites is 2. The van der Waals surface area contributed by atoms with Gasteiger partial charge in [0.1, 0.15) is 36.8 Å². The number of aryl methyl sites for hydroxylation is 1. The molecule has 0 saturated heterocycles. The highest BCUT2D eigenvalue weighted by molar-refractivity contribution is 5.77. The molecule has 4 N–H and O–H groups in total. The van der Waals surface area contributed by atoms with Gasteiger partial charge >= 0.3 is 24.9 Å². The number of nitrogens with zero attached hydrogens (tertiary/aromatic N) is 8. The minimum absolute atomic E-state index is 0.145. The van der Waals surface area contributed by atoms with Gasteiger partial charge in [0.15, 0.2) is 29.9 Å². The van der Waals surface area contributed by atoms with Gasteiger partial charge in [-0.3, -0.25) is 20.4 Å². The molecular formula is C62H44F12N12O2. The second-order valence-electron chi connectivity index (χ2n) is 18.7. The Morgan fingerprint density at radius 3 is 1.06 bits per heavy atom. The summed E-state index contributed by atoms with van der Waals surface area (Å²) in [7, 11) is 0. The fraction of sp³-hybridized carbons (Fsp3) is 0.0968. The van der Waals surface area contributed by atoms with Crippen LogP contribution < -0.4 is 9.47 Å². The van der Waals surface area contributed by atoms with E-state index in [0.717, 1.165) is 28.8 Å². The molecule has 448 valence electrons. The molecule has 0 unspecified atom stereocenters. The molecule has 0 amide bonds. The van der Waals surface area contributed by atoms with Crippen molar-refractivity contribution in [1.82, 2.24) is 60.7 Å². The van der Waals surface area contributed by atoms with E-state index in [1.807, 2.05) is 12.1 Å². The lowest BCUT2D eigenvalue weighted by molar-refractivity contribution is -0.274. The Morgan fingerprint density at radius 2 is 0.682 bits per heavy atom. The molecule has 12 aromatic rings. The summed E-state index contributed by atoms with van der Waals surface area (Å²) in [5.41, 5.74) is 5.67. The van der Waals surface area contributed by atoms with Crippen LogP contribution in [0.3, 0.4) is 0 Å². The summed E-state index contributed by atoms with van der Waals surface area (Å²) < 4.78 is 163. The zero-order chi connectivity index (χ0) is 62.5. The Hall–Kier alpha value is -10.9. The predicted octanol–water partition coefficient (Wildman–Crippen LogP) is 16.7. The number of H-pyrrole nitrogens is 4. The van der Waals surface area contributed by atoms with E-state index >= 15 is 0 Å². The maximum absolute atomic E-state index is 13.3. The summed E-state index contributed by atoms with van der Waals surface area (Å²) in [4.78, 5) is 16.1. The second kappa shape index (κ2) is 27.0. The summed E-state index contributed by atoms with van der Waals surface area (Å²) in [5, 5.41) is 25.9. The van der Waals surface area contributed by atoms with Gasteiger partial charge in [0.05, 0.1) is 11.1 Å². The Balaban J connectivity index is 0.000000140. The van der Waals surface area contributed by atoms with E-state index in [-0.39, 0.29) is 22.6 Å².